The summed E-state index contributed by atoms with van der Waals surface area (Å²) in [5.74, 6) is 6.62. The fraction of sp³-hybridized carbons (Fsp3) is 0.833. The Morgan fingerprint density at radius 2 is 1.85 bits per heavy atom. The summed E-state index contributed by atoms with van der Waals surface area (Å²) in [4.78, 5) is 0. The number of aliphatic hydroxyl groups excluding tert-OH is 1. The lowest BCUT2D eigenvalue weighted by molar-refractivity contribution is 0.0945. The predicted molar refractivity (Wildman–Crippen MR) is 57.3 cm³/mol. The molecule has 0 aliphatic heterocycles. The van der Waals surface area contributed by atoms with Gasteiger partial charge in [-0.15, -0.1) is 5.92 Å². The Morgan fingerprint density at radius 3 is 2.31 bits per heavy atom. The van der Waals surface area contributed by atoms with Gasteiger partial charge < -0.3 is 5.11 Å². The Balaban J connectivity index is 3.81. The van der Waals surface area contributed by atoms with Gasteiger partial charge in [0.05, 0.1) is 6.10 Å². The first-order valence-corrected chi connectivity index (χ1v) is 5.26. The maximum atomic E-state index is 9.65. The zero-order valence-electron chi connectivity index (χ0n) is 9.30. The highest BCUT2D eigenvalue weighted by molar-refractivity contribution is 5.04. The summed E-state index contributed by atoms with van der Waals surface area (Å²) in [5.41, 5.74) is 0. The first kappa shape index (κ1) is 12.5. The highest BCUT2D eigenvalue weighted by Gasteiger charge is 2.14. The quantitative estimate of drug-likeness (QED) is 0.523. The van der Waals surface area contributed by atoms with E-state index in [9.17, 15) is 5.11 Å². The Bertz CT molecular complexity index is 173. The van der Waals surface area contributed by atoms with Crippen molar-refractivity contribution in [1.29, 1.82) is 0 Å². The van der Waals surface area contributed by atoms with E-state index in [4.69, 9.17) is 0 Å². The normalized spacial score (nSPS) is 14.9. The molecule has 0 spiro atoms. The van der Waals surface area contributed by atoms with Crippen molar-refractivity contribution in [3.05, 3.63) is 0 Å². The van der Waals surface area contributed by atoms with E-state index in [1.54, 1.807) is 0 Å². The molecule has 2 atom stereocenters. The predicted octanol–water partition coefficient (Wildman–Crippen LogP) is 2.83. The molecule has 0 bridgehead atoms. The highest BCUT2D eigenvalue weighted by Crippen LogP contribution is 2.11. The van der Waals surface area contributed by atoms with Crippen molar-refractivity contribution < 1.29 is 5.11 Å². The molecule has 0 aliphatic carbocycles. The van der Waals surface area contributed by atoms with Crippen LogP contribution in [0, 0.1) is 23.7 Å². The fourth-order valence-corrected chi connectivity index (χ4v) is 1.16. The third kappa shape index (κ3) is 5.71. The van der Waals surface area contributed by atoms with Crippen LogP contribution in [0.3, 0.4) is 0 Å². The first-order chi connectivity index (χ1) is 6.09. The first-order valence-electron chi connectivity index (χ1n) is 5.26. The summed E-state index contributed by atoms with van der Waals surface area (Å²) in [7, 11) is 0. The fourth-order valence-electron chi connectivity index (χ4n) is 1.16. The van der Waals surface area contributed by atoms with E-state index in [0.717, 1.165) is 12.8 Å². The number of aliphatic hydroxyl groups is 1. The lowest BCUT2D eigenvalue weighted by atomic mass is 9.95. The second-order valence-electron chi connectivity index (χ2n) is 3.95. The van der Waals surface area contributed by atoms with Crippen LogP contribution in [0.2, 0.25) is 0 Å². The third-order valence-electron chi connectivity index (χ3n) is 2.18. The maximum absolute atomic E-state index is 9.65. The lowest BCUT2D eigenvalue weighted by Crippen LogP contribution is -2.22. The third-order valence-corrected chi connectivity index (χ3v) is 2.18. The molecular formula is C12H22O. The Kier molecular flexibility index (Phi) is 6.72. The van der Waals surface area contributed by atoms with Crippen molar-refractivity contribution in [1.82, 2.24) is 0 Å². The van der Waals surface area contributed by atoms with Gasteiger partial charge in [-0.1, -0.05) is 33.1 Å². The van der Waals surface area contributed by atoms with Crippen molar-refractivity contribution in [2.45, 2.75) is 53.1 Å². The molecule has 0 saturated carbocycles. The Morgan fingerprint density at radius 1 is 1.23 bits per heavy atom. The van der Waals surface area contributed by atoms with E-state index >= 15 is 0 Å². The van der Waals surface area contributed by atoms with E-state index in [1.165, 1.54) is 6.42 Å². The summed E-state index contributed by atoms with van der Waals surface area (Å²) in [6, 6.07) is 0. The summed E-state index contributed by atoms with van der Waals surface area (Å²) in [6.45, 7) is 8.20. The van der Waals surface area contributed by atoms with Gasteiger partial charge >= 0.3 is 0 Å². The Labute approximate surface area is 82.5 Å². The van der Waals surface area contributed by atoms with Gasteiger partial charge in [-0.25, -0.2) is 0 Å². The molecule has 0 amide bonds. The average molecular weight is 182 g/mol. The molecule has 0 fully saturated rings. The van der Waals surface area contributed by atoms with E-state index in [0.29, 0.717) is 5.92 Å². The molecule has 0 saturated heterocycles. The molecule has 0 unspecified atom stereocenters. The molecule has 0 rings (SSSR count). The van der Waals surface area contributed by atoms with Crippen molar-refractivity contribution >= 4 is 0 Å². The molecule has 0 aliphatic rings. The van der Waals surface area contributed by atoms with Crippen molar-refractivity contribution in [3.63, 3.8) is 0 Å². The molecule has 0 aromatic carbocycles. The number of hydrogen-bond donors (Lipinski definition) is 1. The Hall–Kier alpha value is -0.480. The molecule has 13 heavy (non-hydrogen) atoms. The van der Waals surface area contributed by atoms with Gasteiger partial charge in [-0.05, 0) is 19.3 Å². The van der Waals surface area contributed by atoms with E-state index in [2.05, 4.69) is 18.8 Å². The molecule has 1 nitrogen and oxygen atoms in total. The van der Waals surface area contributed by atoms with Gasteiger partial charge in [0.2, 0.25) is 0 Å². The van der Waals surface area contributed by atoms with Gasteiger partial charge in [-0.3, -0.25) is 0 Å². The SMILES string of the molecule is CCCCC#C[C@@H](C)[C@H](O)C(C)C. The second-order valence-corrected chi connectivity index (χ2v) is 3.95. The van der Waals surface area contributed by atoms with Crippen molar-refractivity contribution in [3.8, 4) is 11.8 Å². The zero-order valence-corrected chi connectivity index (χ0v) is 9.30. The van der Waals surface area contributed by atoms with Crippen LogP contribution in [0.1, 0.15) is 47.0 Å². The summed E-state index contributed by atoms with van der Waals surface area (Å²) < 4.78 is 0. The van der Waals surface area contributed by atoms with Gasteiger partial charge in [-0.2, -0.15) is 0 Å². The summed E-state index contributed by atoms with van der Waals surface area (Å²) in [5, 5.41) is 9.65. The van der Waals surface area contributed by atoms with Crippen LogP contribution >= 0.6 is 0 Å². The minimum atomic E-state index is -0.283. The molecule has 1 heteroatoms. The largest absolute Gasteiger partial charge is 0.392 e. The average Bonchev–Trinajstić information content (AvgIpc) is 2.10. The second kappa shape index (κ2) is 6.97. The molecule has 0 radical (unpaired) electrons. The van der Waals surface area contributed by atoms with Gasteiger partial charge in [0.1, 0.15) is 0 Å². The van der Waals surface area contributed by atoms with Crippen LogP contribution in [0.5, 0.6) is 0 Å². The number of rotatable bonds is 4. The minimum absolute atomic E-state index is 0.108. The number of hydrogen-bond acceptors (Lipinski definition) is 1. The van der Waals surface area contributed by atoms with Crippen molar-refractivity contribution in [2.24, 2.45) is 11.8 Å². The maximum Gasteiger partial charge on any atom is 0.0697 e. The van der Waals surface area contributed by atoms with E-state index in [-0.39, 0.29) is 12.0 Å². The minimum Gasteiger partial charge on any atom is -0.392 e. The van der Waals surface area contributed by atoms with Crippen LogP contribution in [0.25, 0.3) is 0 Å². The van der Waals surface area contributed by atoms with Crippen LogP contribution < -0.4 is 0 Å². The summed E-state index contributed by atoms with van der Waals surface area (Å²) >= 11 is 0. The molecule has 1 N–H and O–H groups in total. The molecule has 0 aromatic rings. The van der Waals surface area contributed by atoms with Crippen LogP contribution in [0.4, 0.5) is 0 Å². The lowest BCUT2D eigenvalue weighted by Gasteiger charge is -2.17. The molecule has 0 aromatic heterocycles. The highest BCUT2D eigenvalue weighted by atomic mass is 16.3. The summed E-state index contributed by atoms with van der Waals surface area (Å²) in [6.07, 6.45) is 3.04. The van der Waals surface area contributed by atoms with Gasteiger partial charge in [0.25, 0.3) is 0 Å². The zero-order chi connectivity index (χ0) is 10.3. The van der Waals surface area contributed by atoms with Crippen LogP contribution in [-0.4, -0.2) is 11.2 Å². The smallest absolute Gasteiger partial charge is 0.0697 e. The van der Waals surface area contributed by atoms with Crippen LogP contribution in [-0.2, 0) is 0 Å². The number of unbranched alkanes of at least 4 members (excludes halogenated alkanes) is 2. The van der Waals surface area contributed by atoms with E-state index < -0.39 is 0 Å². The molecule has 0 heterocycles. The van der Waals surface area contributed by atoms with Crippen molar-refractivity contribution in [2.75, 3.05) is 0 Å². The molecular weight excluding hydrogens is 160 g/mol. The monoisotopic (exact) mass is 182 g/mol. The van der Waals surface area contributed by atoms with Gasteiger partial charge in [0, 0.05) is 12.3 Å². The van der Waals surface area contributed by atoms with Gasteiger partial charge in [0.15, 0.2) is 0 Å². The van der Waals surface area contributed by atoms with E-state index in [1.807, 2.05) is 20.8 Å². The molecule has 76 valence electrons. The van der Waals surface area contributed by atoms with Crippen LogP contribution in [0.15, 0.2) is 0 Å². The topological polar surface area (TPSA) is 20.2 Å². The standard InChI is InChI=1S/C12H22O/c1-5-6-7-8-9-11(4)12(13)10(2)3/h10-13H,5-7H2,1-4H3/t11-,12-/m1/s1.